The van der Waals surface area contributed by atoms with Crippen molar-refractivity contribution in [3.63, 3.8) is 0 Å². The quantitative estimate of drug-likeness (QED) is 0.160. The molecule has 7 heteroatoms. The molecule has 0 fully saturated rings. The topological polar surface area (TPSA) is 66.3 Å². The normalized spacial score (nSPS) is 11.7. The second-order valence-corrected chi connectivity index (χ2v) is 16.4. The Morgan fingerprint density at radius 3 is 1.49 bits per heavy atom. The first-order chi connectivity index (χ1) is 32.2. The largest absolute Gasteiger partial charge is 0.309 e. The third-order valence-corrected chi connectivity index (χ3v) is 12.6. The molecular weight excluding hydrogens is 795 g/mol. The Kier molecular flexibility index (Phi) is 8.39. The maximum atomic E-state index is 5.07. The minimum absolute atomic E-state index is 0.627. The van der Waals surface area contributed by atoms with E-state index in [4.69, 9.17) is 20.1 Å². The molecule has 4 heterocycles. The molecule has 0 bridgehead atoms. The maximum absolute atomic E-state index is 5.07. The summed E-state index contributed by atoms with van der Waals surface area (Å²) in [5.41, 5.74) is 13.8. The molecular formula is C58H37N7. The van der Waals surface area contributed by atoms with E-state index in [1.165, 1.54) is 21.7 Å². The lowest BCUT2D eigenvalue weighted by molar-refractivity contribution is 0.912. The molecule has 0 atom stereocenters. The number of rotatable bonds is 7. The van der Waals surface area contributed by atoms with E-state index in [0.717, 1.165) is 77.7 Å². The highest BCUT2D eigenvalue weighted by atomic mass is 15.3. The molecule has 65 heavy (non-hydrogen) atoms. The van der Waals surface area contributed by atoms with Gasteiger partial charge in [0.05, 0.1) is 39.5 Å². The number of nitrogens with zero attached hydrogens (tertiary/aromatic N) is 7. The molecule has 7 nitrogen and oxygen atoms in total. The molecule has 304 valence electrons. The molecule has 0 N–H and O–H groups in total. The van der Waals surface area contributed by atoms with Crippen LogP contribution in [0.1, 0.15) is 0 Å². The second kappa shape index (κ2) is 14.9. The Bertz CT molecular complexity index is 3880. The van der Waals surface area contributed by atoms with Gasteiger partial charge in [0.15, 0.2) is 17.5 Å². The Balaban J connectivity index is 0.912. The smallest absolute Gasteiger partial charge is 0.164 e. The fraction of sp³-hybridized carbons (Fsp3) is 0. The maximum Gasteiger partial charge on any atom is 0.164 e. The summed E-state index contributed by atoms with van der Waals surface area (Å²) in [7, 11) is 0. The second-order valence-electron chi connectivity index (χ2n) is 16.4. The van der Waals surface area contributed by atoms with E-state index < -0.39 is 0 Å². The van der Waals surface area contributed by atoms with Crippen molar-refractivity contribution in [2.75, 3.05) is 0 Å². The molecule has 0 aliphatic carbocycles. The van der Waals surface area contributed by atoms with Crippen molar-refractivity contribution in [2.24, 2.45) is 0 Å². The van der Waals surface area contributed by atoms with Crippen molar-refractivity contribution in [2.45, 2.75) is 0 Å². The Labute approximate surface area is 373 Å². The van der Waals surface area contributed by atoms with Crippen molar-refractivity contribution in [3.8, 4) is 62.4 Å². The van der Waals surface area contributed by atoms with Crippen molar-refractivity contribution >= 4 is 54.5 Å². The van der Waals surface area contributed by atoms with Crippen LogP contribution in [0.4, 0.5) is 0 Å². The lowest BCUT2D eigenvalue weighted by atomic mass is 10.0. The average molecular weight is 832 g/mol. The van der Waals surface area contributed by atoms with Gasteiger partial charge < -0.3 is 9.13 Å². The van der Waals surface area contributed by atoms with Gasteiger partial charge in [0.1, 0.15) is 0 Å². The van der Waals surface area contributed by atoms with E-state index in [2.05, 4.69) is 172 Å². The minimum atomic E-state index is 0.627. The number of fused-ring (bicyclic) bond motifs is 8. The zero-order chi connectivity index (χ0) is 42.8. The van der Waals surface area contributed by atoms with Crippen LogP contribution in [0.15, 0.2) is 225 Å². The first kappa shape index (κ1) is 36.7. The SMILES string of the molecule is c1ccc(-c2nc(-c3ccccc3)nc(-c3cccc(-c4cccc(-n5c6ccccc6c6cc(-n7ncc8c7ccc7c9ccccc9n(-c9ccccc9)c78)ccc65)c4)c3)n2)cc1. The van der Waals surface area contributed by atoms with Gasteiger partial charge in [-0.3, -0.25) is 0 Å². The molecule has 9 aromatic carbocycles. The van der Waals surface area contributed by atoms with Gasteiger partial charge in [0, 0.05) is 55.0 Å². The lowest BCUT2D eigenvalue weighted by Crippen LogP contribution is -2.00. The number of hydrogen-bond acceptors (Lipinski definition) is 4. The molecule has 0 unspecified atom stereocenters. The van der Waals surface area contributed by atoms with E-state index in [9.17, 15) is 0 Å². The number of aromatic nitrogens is 7. The van der Waals surface area contributed by atoms with Gasteiger partial charge in [-0.2, -0.15) is 5.10 Å². The Morgan fingerprint density at radius 2 is 0.785 bits per heavy atom. The zero-order valence-corrected chi connectivity index (χ0v) is 35.0. The summed E-state index contributed by atoms with van der Waals surface area (Å²) in [6.45, 7) is 0. The van der Waals surface area contributed by atoms with Crippen molar-refractivity contribution in [1.29, 1.82) is 0 Å². The van der Waals surface area contributed by atoms with Crippen LogP contribution >= 0.6 is 0 Å². The van der Waals surface area contributed by atoms with Gasteiger partial charge >= 0.3 is 0 Å². The highest BCUT2D eigenvalue weighted by molar-refractivity contribution is 6.18. The summed E-state index contributed by atoms with van der Waals surface area (Å²) in [5.74, 6) is 1.91. The minimum Gasteiger partial charge on any atom is -0.309 e. The highest BCUT2D eigenvalue weighted by Crippen LogP contribution is 2.39. The third-order valence-electron chi connectivity index (χ3n) is 12.6. The standard InChI is InChI=1S/C58H37N7/c1-4-16-38(17-5-1)56-60-57(39-18-6-2-7-19-39)62-58(61-56)42-22-14-20-40(34-42)41-21-15-25-44(35-41)63-51-28-12-11-27-47(51)49-36-45(30-32-53(49)63)65-54-33-31-48-46-26-10-13-29-52(46)64(43-23-8-3-9-24-43)55(48)50(54)37-59-65/h1-37H. The highest BCUT2D eigenvalue weighted by Gasteiger charge is 2.20. The molecule has 0 spiro atoms. The van der Waals surface area contributed by atoms with Crippen LogP contribution in [0.5, 0.6) is 0 Å². The van der Waals surface area contributed by atoms with Crippen LogP contribution in [0.3, 0.4) is 0 Å². The van der Waals surface area contributed by atoms with E-state index in [0.29, 0.717) is 17.5 Å². The molecule has 0 radical (unpaired) electrons. The van der Waals surface area contributed by atoms with Crippen LogP contribution in [0.2, 0.25) is 0 Å². The Hall–Kier alpha value is -8.94. The number of benzene rings is 9. The van der Waals surface area contributed by atoms with Crippen LogP contribution in [0, 0.1) is 0 Å². The summed E-state index contributed by atoms with van der Waals surface area (Å²) < 4.78 is 6.82. The van der Waals surface area contributed by atoms with Crippen LogP contribution < -0.4 is 0 Å². The first-order valence-electron chi connectivity index (χ1n) is 21.8. The fourth-order valence-electron chi connectivity index (χ4n) is 9.58. The molecule has 13 rings (SSSR count). The average Bonchev–Trinajstić information content (AvgIpc) is 4.07. The van der Waals surface area contributed by atoms with Crippen LogP contribution in [-0.4, -0.2) is 33.9 Å². The van der Waals surface area contributed by atoms with Gasteiger partial charge in [-0.15, -0.1) is 0 Å². The Morgan fingerprint density at radius 1 is 0.277 bits per heavy atom. The number of para-hydroxylation sites is 3. The monoisotopic (exact) mass is 831 g/mol. The summed E-state index contributed by atoms with van der Waals surface area (Å²) in [4.78, 5) is 14.9. The fourth-order valence-corrected chi connectivity index (χ4v) is 9.58. The zero-order valence-electron chi connectivity index (χ0n) is 35.0. The summed E-state index contributed by atoms with van der Waals surface area (Å²) >= 11 is 0. The van der Waals surface area contributed by atoms with E-state index >= 15 is 0 Å². The van der Waals surface area contributed by atoms with Crippen molar-refractivity contribution in [1.82, 2.24) is 33.9 Å². The first-order valence-corrected chi connectivity index (χ1v) is 21.8. The summed E-state index contributed by atoms with van der Waals surface area (Å²) in [5, 5.41) is 11.0. The van der Waals surface area contributed by atoms with Gasteiger partial charge in [-0.1, -0.05) is 146 Å². The molecule has 4 aromatic heterocycles. The van der Waals surface area contributed by atoms with Gasteiger partial charge in [-0.05, 0) is 83.9 Å². The van der Waals surface area contributed by atoms with Gasteiger partial charge in [0.25, 0.3) is 0 Å². The van der Waals surface area contributed by atoms with E-state index in [1.54, 1.807) is 0 Å². The van der Waals surface area contributed by atoms with Crippen LogP contribution in [-0.2, 0) is 0 Å². The van der Waals surface area contributed by atoms with Gasteiger partial charge in [-0.25, -0.2) is 19.6 Å². The number of hydrogen-bond donors (Lipinski definition) is 0. The molecule has 0 saturated heterocycles. The predicted octanol–water partition coefficient (Wildman–Crippen LogP) is 14.1. The van der Waals surface area contributed by atoms with E-state index in [-0.39, 0.29) is 0 Å². The lowest BCUT2D eigenvalue weighted by Gasteiger charge is -2.12. The third kappa shape index (κ3) is 6.05. The molecule has 0 amide bonds. The summed E-state index contributed by atoms with van der Waals surface area (Å²) in [6.07, 6.45) is 2.02. The van der Waals surface area contributed by atoms with E-state index in [1.807, 2.05) is 66.9 Å². The molecule has 0 aliphatic rings. The molecule has 0 saturated carbocycles. The van der Waals surface area contributed by atoms with Crippen LogP contribution in [0.25, 0.3) is 117 Å². The van der Waals surface area contributed by atoms with Crippen molar-refractivity contribution in [3.05, 3.63) is 225 Å². The molecule has 13 aromatic rings. The van der Waals surface area contributed by atoms with Crippen molar-refractivity contribution < 1.29 is 0 Å². The van der Waals surface area contributed by atoms with Gasteiger partial charge in [0.2, 0.25) is 0 Å². The summed E-state index contributed by atoms with van der Waals surface area (Å²) in [6, 6.07) is 76.5. The predicted molar refractivity (Wildman–Crippen MR) is 265 cm³/mol. The molecule has 0 aliphatic heterocycles.